The summed E-state index contributed by atoms with van der Waals surface area (Å²) in [5, 5.41) is 3.31. The van der Waals surface area contributed by atoms with Crippen molar-refractivity contribution in [3.8, 4) is 0 Å². The number of carbonyl (C=O) groups is 1. The number of furan rings is 1. The van der Waals surface area contributed by atoms with Crippen molar-refractivity contribution in [3.05, 3.63) is 22.7 Å². The van der Waals surface area contributed by atoms with Gasteiger partial charge in [-0.1, -0.05) is 0 Å². The topological polar surface area (TPSA) is 68.3 Å². The zero-order valence-electron chi connectivity index (χ0n) is 8.30. The van der Waals surface area contributed by atoms with E-state index in [1.807, 2.05) is 6.08 Å². The van der Waals surface area contributed by atoms with E-state index in [1.165, 1.54) is 0 Å². The van der Waals surface area contributed by atoms with Gasteiger partial charge in [0.25, 0.3) is 0 Å². The largest absolute Gasteiger partial charge is 0.463 e. The fraction of sp³-hybridized carbons (Fsp3) is 0.364. The summed E-state index contributed by atoms with van der Waals surface area (Å²) in [4.78, 5) is 11.0. The Bertz CT molecular complexity index is 471. The molecule has 3 rings (SSSR count). The molecule has 0 unspecified atom stereocenters. The van der Waals surface area contributed by atoms with E-state index >= 15 is 0 Å². The quantitative estimate of drug-likeness (QED) is 0.718. The van der Waals surface area contributed by atoms with Crippen molar-refractivity contribution in [1.82, 2.24) is 0 Å². The first-order valence-corrected chi connectivity index (χ1v) is 5.14. The van der Waals surface area contributed by atoms with Gasteiger partial charge in [0.2, 0.25) is 5.91 Å². The van der Waals surface area contributed by atoms with Gasteiger partial charge < -0.3 is 15.5 Å². The van der Waals surface area contributed by atoms with Crippen LogP contribution in [0.3, 0.4) is 0 Å². The zero-order chi connectivity index (χ0) is 10.4. The van der Waals surface area contributed by atoms with E-state index in [0.29, 0.717) is 12.0 Å². The summed E-state index contributed by atoms with van der Waals surface area (Å²) in [6.45, 7) is 0.971. The summed E-state index contributed by atoms with van der Waals surface area (Å²) < 4.78 is 5.71. The lowest BCUT2D eigenvalue weighted by molar-refractivity contribution is -0.114. The number of carbonyl (C=O) groups excluding carboxylic acids is 1. The van der Waals surface area contributed by atoms with Crippen LogP contribution in [0.2, 0.25) is 0 Å². The first-order chi connectivity index (χ1) is 7.25. The first-order valence-electron chi connectivity index (χ1n) is 5.14. The average Bonchev–Trinajstić information content (AvgIpc) is 2.73. The van der Waals surface area contributed by atoms with Crippen LogP contribution in [0.1, 0.15) is 23.5 Å². The lowest BCUT2D eigenvalue weighted by Gasteiger charge is -2.12. The van der Waals surface area contributed by atoms with E-state index in [1.54, 1.807) is 0 Å². The van der Waals surface area contributed by atoms with Crippen LogP contribution in [0.15, 0.2) is 9.99 Å². The third kappa shape index (κ3) is 1.17. The molecule has 0 aromatic carbocycles. The Morgan fingerprint density at radius 1 is 1.47 bits per heavy atom. The molecule has 0 atom stereocenters. The number of nitrogens with one attached hydrogen (secondary N) is 1. The van der Waals surface area contributed by atoms with Gasteiger partial charge >= 0.3 is 0 Å². The molecule has 1 aliphatic heterocycles. The lowest BCUT2D eigenvalue weighted by Crippen LogP contribution is -2.13. The number of amides is 1. The summed E-state index contributed by atoms with van der Waals surface area (Å²) in [5.74, 6) is 1.54. The van der Waals surface area contributed by atoms with Crippen LogP contribution in [-0.4, -0.2) is 12.5 Å². The van der Waals surface area contributed by atoms with Gasteiger partial charge in [-0.05, 0) is 12.5 Å². The van der Waals surface area contributed by atoms with Gasteiger partial charge in [-0.15, -0.1) is 0 Å². The SMILES string of the molecule is NC(=O)C1=Cc2c(oc3c2NCCC3)C1. The molecule has 4 heteroatoms. The van der Waals surface area contributed by atoms with E-state index in [0.717, 1.165) is 42.2 Å². The van der Waals surface area contributed by atoms with Crippen LogP contribution < -0.4 is 11.1 Å². The molecule has 0 fully saturated rings. The van der Waals surface area contributed by atoms with Crippen molar-refractivity contribution in [2.45, 2.75) is 19.3 Å². The fourth-order valence-corrected chi connectivity index (χ4v) is 2.22. The minimum absolute atomic E-state index is 0.356. The van der Waals surface area contributed by atoms with Crippen molar-refractivity contribution >= 4 is 17.7 Å². The zero-order valence-corrected chi connectivity index (χ0v) is 8.30. The minimum Gasteiger partial charge on any atom is -0.463 e. The van der Waals surface area contributed by atoms with Crippen LogP contribution >= 0.6 is 0 Å². The molecule has 1 amide bonds. The highest BCUT2D eigenvalue weighted by atomic mass is 16.3. The molecule has 0 bridgehead atoms. The van der Waals surface area contributed by atoms with Crippen LogP contribution in [0.25, 0.3) is 6.08 Å². The van der Waals surface area contributed by atoms with Crippen LogP contribution in [0, 0.1) is 0 Å². The van der Waals surface area contributed by atoms with E-state index < -0.39 is 0 Å². The highest BCUT2D eigenvalue weighted by Gasteiger charge is 2.27. The lowest BCUT2D eigenvalue weighted by atomic mass is 10.1. The summed E-state index contributed by atoms with van der Waals surface area (Å²) in [6.07, 6.45) is 4.47. The maximum atomic E-state index is 11.0. The second-order valence-electron chi connectivity index (χ2n) is 3.98. The van der Waals surface area contributed by atoms with Crippen LogP contribution in [-0.2, 0) is 17.6 Å². The standard InChI is InChI=1S/C11H12N2O2/c12-11(14)6-4-7-9(5-6)15-8-2-1-3-13-10(7)8/h4,13H,1-3,5H2,(H2,12,14). The molecule has 2 heterocycles. The van der Waals surface area contributed by atoms with Gasteiger partial charge in [0, 0.05) is 30.5 Å². The van der Waals surface area contributed by atoms with E-state index in [-0.39, 0.29) is 5.91 Å². The number of hydrogen-bond acceptors (Lipinski definition) is 3. The van der Waals surface area contributed by atoms with Crippen LogP contribution in [0.5, 0.6) is 0 Å². The molecule has 1 aromatic rings. The van der Waals surface area contributed by atoms with E-state index in [4.69, 9.17) is 10.2 Å². The molecule has 3 N–H and O–H groups in total. The predicted octanol–water partition coefficient (Wildman–Crippen LogP) is 1.06. The minimum atomic E-state index is -0.356. The number of rotatable bonds is 1. The molecule has 0 spiro atoms. The Kier molecular flexibility index (Phi) is 1.65. The molecule has 78 valence electrons. The molecular formula is C11H12N2O2. The highest BCUT2D eigenvalue weighted by Crippen LogP contribution is 2.38. The smallest absolute Gasteiger partial charge is 0.245 e. The van der Waals surface area contributed by atoms with Gasteiger partial charge in [0.15, 0.2) is 0 Å². The Hall–Kier alpha value is -1.71. The normalized spacial score (nSPS) is 17.7. The van der Waals surface area contributed by atoms with Crippen molar-refractivity contribution < 1.29 is 9.21 Å². The molecule has 0 radical (unpaired) electrons. The summed E-state index contributed by atoms with van der Waals surface area (Å²) in [7, 11) is 0. The molecular weight excluding hydrogens is 192 g/mol. The molecule has 0 saturated carbocycles. The fourth-order valence-electron chi connectivity index (χ4n) is 2.22. The second-order valence-corrected chi connectivity index (χ2v) is 3.98. The highest BCUT2D eigenvalue weighted by molar-refractivity contribution is 6.00. The van der Waals surface area contributed by atoms with Crippen molar-refractivity contribution in [2.75, 3.05) is 11.9 Å². The number of primary amides is 1. The maximum Gasteiger partial charge on any atom is 0.245 e. The van der Waals surface area contributed by atoms with Gasteiger partial charge in [0.1, 0.15) is 11.5 Å². The van der Waals surface area contributed by atoms with E-state index in [2.05, 4.69) is 5.32 Å². The van der Waals surface area contributed by atoms with Gasteiger partial charge in [-0.2, -0.15) is 0 Å². The van der Waals surface area contributed by atoms with Crippen molar-refractivity contribution in [1.29, 1.82) is 0 Å². The summed E-state index contributed by atoms with van der Waals surface area (Å²) in [5.41, 5.74) is 7.97. The van der Waals surface area contributed by atoms with E-state index in [9.17, 15) is 4.79 Å². The summed E-state index contributed by atoms with van der Waals surface area (Å²) >= 11 is 0. The van der Waals surface area contributed by atoms with Gasteiger partial charge in [-0.25, -0.2) is 0 Å². The number of anilines is 1. The number of hydrogen-bond donors (Lipinski definition) is 2. The average molecular weight is 204 g/mol. The second kappa shape index (κ2) is 2.89. The molecule has 0 saturated heterocycles. The Labute approximate surface area is 87.1 Å². The molecule has 4 nitrogen and oxygen atoms in total. The number of nitrogens with two attached hydrogens (primary N) is 1. The summed E-state index contributed by atoms with van der Waals surface area (Å²) in [6, 6.07) is 0. The van der Waals surface area contributed by atoms with Gasteiger partial charge in [0.05, 0.1) is 5.69 Å². The Balaban J connectivity index is 2.07. The number of fused-ring (bicyclic) bond motifs is 3. The molecule has 2 aliphatic rings. The Morgan fingerprint density at radius 3 is 3.13 bits per heavy atom. The van der Waals surface area contributed by atoms with Gasteiger partial charge in [-0.3, -0.25) is 4.79 Å². The Morgan fingerprint density at radius 2 is 2.33 bits per heavy atom. The third-order valence-electron chi connectivity index (χ3n) is 2.96. The third-order valence-corrected chi connectivity index (χ3v) is 2.96. The molecule has 15 heavy (non-hydrogen) atoms. The monoisotopic (exact) mass is 204 g/mol. The van der Waals surface area contributed by atoms with Crippen molar-refractivity contribution in [2.24, 2.45) is 5.73 Å². The predicted molar refractivity (Wildman–Crippen MR) is 56.4 cm³/mol. The molecule has 1 aromatic heterocycles. The first kappa shape index (κ1) is 8.59. The maximum absolute atomic E-state index is 11.0. The van der Waals surface area contributed by atoms with Crippen LogP contribution in [0.4, 0.5) is 5.69 Å². The van der Waals surface area contributed by atoms with Crippen molar-refractivity contribution in [3.63, 3.8) is 0 Å². The molecule has 1 aliphatic carbocycles. The number of aryl methyl sites for hydroxylation is 1.